The molecule has 0 radical (unpaired) electrons. The van der Waals surface area contributed by atoms with Gasteiger partial charge in [0.05, 0.1) is 18.5 Å². The van der Waals surface area contributed by atoms with Gasteiger partial charge in [-0.05, 0) is 85.3 Å². The maximum atomic E-state index is 15.2. The Bertz CT molecular complexity index is 1760. The smallest absolute Gasteiger partial charge is 0.385 e. The maximum Gasteiger partial charge on any atom is 0.385 e. The van der Waals surface area contributed by atoms with Gasteiger partial charge in [-0.1, -0.05) is 33.3 Å². The van der Waals surface area contributed by atoms with E-state index < -0.39 is 28.0 Å². The summed E-state index contributed by atoms with van der Waals surface area (Å²) in [5.41, 5.74) is 4.48. The molecule has 0 aliphatic carbocycles. The fourth-order valence-corrected chi connectivity index (χ4v) is 6.88. The zero-order chi connectivity index (χ0) is 30.7. The van der Waals surface area contributed by atoms with Gasteiger partial charge in [0.1, 0.15) is 22.8 Å². The van der Waals surface area contributed by atoms with Gasteiger partial charge in [0, 0.05) is 36.4 Å². The third-order valence-electron chi connectivity index (χ3n) is 7.43. The van der Waals surface area contributed by atoms with Crippen molar-refractivity contribution in [3.05, 3.63) is 82.2 Å². The molecule has 2 heterocycles. The molecule has 1 aromatic heterocycles. The first-order valence-electron chi connectivity index (χ1n) is 13.9. The van der Waals surface area contributed by atoms with E-state index in [1.807, 2.05) is 23.7 Å². The lowest BCUT2D eigenvalue weighted by Crippen LogP contribution is -2.37. The van der Waals surface area contributed by atoms with Gasteiger partial charge in [-0.2, -0.15) is 12.7 Å². The highest BCUT2D eigenvalue weighted by Gasteiger charge is 2.32. The van der Waals surface area contributed by atoms with Crippen LogP contribution in [0.25, 0.3) is 11.0 Å². The fourth-order valence-electron chi connectivity index (χ4n) is 5.39. The molecule has 0 saturated carbocycles. The van der Waals surface area contributed by atoms with Crippen LogP contribution in [0.4, 0.5) is 4.39 Å². The highest BCUT2D eigenvalue weighted by Crippen LogP contribution is 2.36. The van der Waals surface area contributed by atoms with E-state index in [2.05, 4.69) is 26.2 Å². The number of hydrogen-bond acceptors (Lipinski definition) is 8. The average molecular weight is 676 g/mol. The summed E-state index contributed by atoms with van der Waals surface area (Å²) < 4.78 is 54.4. The molecule has 13 heteroatoms. The number of benzene rings is 3. The summed E-state index contributed by atoms with van der Waals surface area (Å²) in [7, 11) is -4.17. The van der Waals surface area contributed by atoms with Crippen molar-refractivity contribution < 1.29 is 31.6 Å². The minimum Gasteiger partial charge on any atom is -0.508 e. The van der Waals surface area contributed by atoms with Crippen LogP contribution in [-0.2, 0) is 39.5 Å². The van der Waals surface area contributed by atoms with E-state index in [0.717, 1.165) is 39.1 Å². The maximum absolute atomic E-state index is 15.2. The predicted molar refractivity (Wildman–Crippen MR) is 162 cm³/mol. The summed E-state index contributed by atoms with van der Waals surface area (Å²) in [6, 6.07) is 12.3. The molecule has 1 atom stereocenters. The first kappa shape index (κ1) is 30.9. The first-order chi connectivity index (χ1) is 20.6. The minimum atomic E-state index is -4.17. The molecular weight excluding hydrogens is 643 g/mol. The molecule has 1 N–H and O–H groups in total. The van der Waals surface area contributed by atoms with Gasteiger partial charge in [-0.3, -0.25) is 4.79 Å². The molecule has 3 aromatic carbocycles. The number of rotatable bonds is 11. The highest BCUT2D eigenvalue weighted by atomic mass is 79.9. The number of hydrogen-bond donors (Lipinski definition) is 1. The number of carbonyl (C=O) groups excluding carboxylic acids is 1. The summed E-state index contributed by atoms with van der Waals surface area (Å²) >= 11 is 3.45. The van der Waals surface area contributed by atoms with Gasteiger partial charge in [0.2, 0.25) is 0 Å². The summed E-state index contributed by atoms with van der Waals surface area (Å²) in [5.74, 6) is -1.51. The molecule has 4 aromatic rings. The molecule has 1 aliphatic rings. The first-order valence-corrected chi connectivity index (χ1v) is 16.4. The Morgan fingerprint density at radius 3 is 2.77 bits per heavy atom. The Kier molecular flexibility index (Phi) is 9.33. The van der Waals surface area contributed by atoms with Crippen molar-refractivity contribution in [2.24, 2.45) is 0 Å². The number of ether oxygens (including phenoxy) is 1. The SMILES string of the molecule is CCOC(=O)CC(c1cc(F)cc(CN2Cc3cc(O)ccc3OS2(=O)=O)c1)c1ccc2c(nnn2CCCCBr)c1C. The number of nitrogens with zero attached hydrogens (tertiary/aromatic N) is 4. The lowest BCUT2D eigenvalue weighted by molar-refractivity contribution is -0.143. The van der Waals surface area contributed by atoms with Gasteiger partial charge in [-0.15, -0.1) is 5.10 Å². The largest absolute Gasteiger partial charge is 0.508 e. The number of alkyl halides is 1. The van der Waals surface area contributed by atoms with Crippen molar-refractivity contribution in [1.82, 2.24) is 19.3 Å². The summed E-state index contributed by atoms with van der Waals surface area (Å²) in [4.78, 5) is 12.8. The van der Waals surface area contributed by atoms with Crippen LogP contribution in [0.3, 0.4) is 0 Å². The zero-order valence-corrected chi connectivity index (χ0v) is 26.2. The van der Waals surface area contributed by atoms with Crippen molar-refractivity contribution in [3.63, 3.8) is 0 Å². The minimum absolute atomic E-state index is 0.0252. The van der Waals surface area contributed by atoms with Crippen molar-refractivity contribution in [2.45, 2.75) is 58.7 Å². The van der Waals surface area contributed by atoms with Crippen LogP contribution in [0, 0.1) is 12.7 Å². The highest BCUT2D eigenvalue weighted by molar-refractivity contribution is 9.09. The Labute approximate surface area is 257 Å². The van der Waals surface area contributed by atoms with Gasteiger partial charge < -0.3 is 14.0 Å². The number of aromatic nitrogens is 3. The van der Waals surface area contributed by atoms with Crippen molar-refractivity contribution >= 4 is 43.2 Å². The molecule has 1 aliphatic heterocycles. The Balaban J connectivity index is 1.50. The van der Waals surface area contributed by atoms with Crippen LogP contribution in [0.15, 0.2) is 48.5 Å². The van der Waals surface area contributed by atoms with Gasteiger partial charge in [0.15, 0.2) is 0 Å². The second kappa shape index (κ2) is 13.0. The zero-order valence-electron chi connectivity index (χ0n) is 23.8. The van der Waals surface area contributed by atoms with Gasteiger partial charge >= 0.3 is 16.3 Å². The standard InChI is InChI=1S/C30H32BrFN4O6S/c1-3-41-29(38)16-26(25-7-8-27-30(19(25)2)33-34-36(27)11-5-4-10-31)21-12-20(13-23(32)14-21)17-35-18-22-15-24(37)6-9-28(22)42-43(35,39)40/h6-9,12-15,26,37H,3-5,10-11,16-18H2,1-2H3. The van der Waals surface area contributed by atoms with Crippen LogP contribution in [-0.4, -0.2) is 50.7 Å². The van der Waals surface area contributed by atoms with E-state index in [4.69, 9.17) is 8.92 Å². The van der Waals surface area contributed by atoms with Crippen molar-refractivity contribution in [1.29, 1.82) is 0 Å². The Morgan fingerprint density at radius 1 is 1.19 bits per heavy atom. The number of aromatic hydroxyl groups is 1. The molecule has 10 nitrogen and oxygen atoms in total. The Morgan fingerprint density at radius 2 is 2.00 bits per heavy atom. The fraction of sp³-hybridized carbons (Fsp3) is 0.367. The molecule has 0 saturated heterocycles. The summed E-state index contributed by atoms with van der Waals surface area (Å²) in [6.45, 7) is 4.29. The number of esters is 1. The van der Waals surface area contributed by atoms with E-state index in [1.54, 1.807) is 13.0 Å². The number of aryl methyl sites for hydroxylation is 2. The van der Waals surface area contributed by atoms with E-state index in [-0.39, 0.29) is 37.6 Å². The Hall–Kier alpha value is -3.55. The molecule has 0 fully saturated rings. The number of phenols is 1. The molecule has 5 rings (SSSR count). The van der Waals surface area contributed by atoms with Gasteiger partial charge in [-0.25, -0.2) is 9.07 Å². The third-order valence-corrected chi connectivity index (χ3v) is 9.27. The van der Waals surface area contributed by atoms with E-state index in [0.29, 0.717) is 28.8 Å². The number of carbonyl (C=O) groups is 1. The number of phenolic OH excluding ortho intramolecular Hbond substituents is 1. The van der Waals surface area contributed by atoms with Crippen LogP contribution in [0.1, 0.15) is 59.9 Å². The topological polar surface area (TPSA) is 124 Å². The molecule has 0 amide bonds. The lowest BCUT2D eigenvalue weighted by Gasteiger charge is -2.28. The van der Waals surface area contributed by atoms with Crippen LogP contribution in [0.2, 0.25) is 0 Å². The van der Waals surface area contributed by atoms with E-state index >= 15 is 4.39 Å². The normalized spacial score (nSPS) is 15.2. The molecule has 0 bridgehead atoms. The van der Waals surface area contributed by atoms with Crippen molar-refractivity contribution in [3.8, 4) is 11.5 Å². The monoisotopic (exact) mass is 674 g/mol. The van der Waals surface area contributed by atoms with E-state index in [9.17, 15) is 18.3 Å². The molecular formula is C30H32BrFN4O6S. The summed E-state index contributed by atoms with van der Waals surface area (Å²) in [6.07, 6.45) is 1.88. The van der Waals surface area contributed by atoms with Crippen molar-refractivity contribution in [2.75, 3.05) is 11.9 Å². The van der Waals surface area contributed by atoms with Crippen LogP contribution in [0.5, 0.6) is 11.5 Å². The second-order valence-electron chi connectivity index (χ2n) is 10.4. The predicted octanol–water partition coefficient (Wildman–Crippen LogP) is 5.48. The van der Waals surface area contributed by atoms with E-state index in [1.165, 1.54) is 30.3 Å². The lowest BCUT2D eigenvalue weighted by atomic mass is 9.85. The quantitative estimate of drug-likeness (QED) is 0.126. The summed E-state index contributed by atoms with van der Waals surface area (Å²) in [5, 5.41) is 19.5. The van der Waals surface area contributed by atoms with Crippen LogP contribution >= 0.6 is 15.9 Å². The van der Waals surface area contributed by atoms with Gasteiger partial charge in [0.25, 0.3) is 0 Å². The average Bonchev–Trinajstić information content (AvgIpc) is 3.36. The number of fused-ring (bicyclic) bond motifs is 2. The molecule has 0 spiro atoms. The molecule has 43 heavy (non-hydrogen) atoms. The van der Waals surface area contributed by atoms with Crippen LogP contribution < -0.4 is 4.18 Å². The number of unbranched alkanes of at least 4 members (excludes halogenated alkanes) is 1. The molecule has 1 unspecified atom stereocenters. The third kappa shape index (κ3) is 6.84. The molecule has 228 valence electrons. The number of halogens is 2. The second-order valence-corrected chi connectivity index (χ2v) is 12.7.